The average Bonchev–Trinajstić information content (AvgIpc) is 2.85. The largest absolute Gasteiger partial charge is 0.497 e. The number of hydrogen-bond acceptors (Lipinski definition) is 5. The van der Waals surface area contributed by atoms with Gasteiger partial charge >= 0.3 is 0 Å². The highest BCUT2D eigenvalue weighted by atomic mass is 32.2. The molecule has 1 fully saturated rings. The summed E-state index contributed by atoms with van der Waals surface area (Å²) in [6, 6.07) is 20.0. The quantitative estimate of drug-likeness (QED) is 0.464. The van der Waals surface area contributed by atoms with Crippen molar-refractivity contribution in [1.82, 2.24) is 4.90 Å². The van der Waals surface area contributed by atoms with Crippen LogP contribution >= 0.6 is 0 Å². The summed E-state index contributed by atoms with van der Waals surface area (Å²) in [6.45, 7) is 2.05. The number of rotatable bonds is 8. The fourth-order valence-corrected chi connectivity index (χ4v) is 6.06. The molecule has 3 aromatic carbocycles. The molecule has 0 aliphatic carbocycles. The topological polar surface area (TPSA) is 59.1 Å². The molecule has 180 valence electrons. The van der Waals surface area contributed by atoms with Crippen molar-refractivity contribution in [3.05, 3.63) is 84.2 Å². The van der Waals surface area contributed by atoms with Crippen LogP contribution < -0.4 is 13.8 Å². The minimum atomic E-state index is -3.83. The fraction of sp³-hybridized carbons (Fsp3) is 0.308. The van der Waals surface area contributed by atoms with Crippen molar-refractivity contribution in [2.75, 3.05) is 31.6 Å². The van der Waals surface area contributed by atoms with Crippen molar-refractivity contribution >= 4 is 15.7 Å². The van der Waals surface area contributed by atoms with Gasteiger partial charge in [0.15, 0.2) is 0 Å². The normalized spacial score (nSPS) is 15.1. The van der Waals surface area contributed by atoms with Crippen molar-refractivity contribution in [1.29, 1.82) is 0 Å². The zero-order valence-electron chi connectivity index (χ0n) is 19.4. The summed E-state index contributed by atoms with van der Waals surface area (Å²) in [4.78, 5) is 2.44. The summed E-state index contributed by atoms with van der Waals surface area (Å²) in [7, 11) is -0.724. The number of sulfonamides is 1. The Hall–Kier alpha value is -3.10. The van der Waals surface area contributed by atoms with E-state index in [-0.39, 0.29) is 16.8 Å². The maximum atomic E-state index is 13.8. The Morgan fingerprint density at radius 1 is 0.912 bits per heavy atom. The maximum Gasteiger partial charge on any atom is 0.264 e. The van der Waals surface area contributed by atoms with E-state index in [1.807, 2.05) is 6.07 Å². The maximum absolute atomic E-state index is 13.8. The van der Waals surface area contributed by atoms with E-state index < -0.39 is 10.0 Å². The summed E-state index contributed by atoms with van der Waals surface area (Å²) < 4.78 is 53.3. The first-order valence-electron chi connectivity index (χ1n) is 11.2. The van der Waals surface area contributed by atoms with Gasteiger partial charge in [-0.3, -0.25) is 9.21 Å². The van der Waals surface area contributed by atoms with Gasteiger partial charge < -0.3 is 9.47 Å². The summed E-state index contributed by atoms with van der Waals surface area (Å²) in [6.07, 6.45) is 1.31. The summed E-state index contributed by atoms with van der Waals surface area (Å²) in [5, 5.41) is 0. The lowest BCUT2D eigenvalue weighted by Gasteiger charge is -2.39. The zero-order chi connectivity index (χ0) is 24.1. The number of halogens is 1. The minimum Gasteiger partial charge on any atom is -0.497 e. The molecular formula is C26H29FN2O4S. The minimum absolute atomic E-state index is 0.207. The number of ether oxygens (including phenoxy) is 2. The van der Waals surface area contributed by atoms with Gasteiger partial charge in [-0.15, -0.1) is 0 Å². The first-order chi connectivity index (χ1) is 16.4. The fourth-order valence-electron chi connectivity index (χ4n) is 4.36. The van der Waals surface area contributed by atoms with Crippen LogP contribution in [0, 0.1) is 5.82 Å². The van der Waals surface area contributed by atoms with Gasteiger partial charge in [-0.25, -0.2) is 12.8 Å². The third kappa shape index (κ3) is 5.34. The standard InChI is InChI=1S/C26H29FN2O4S/c1-32-24-9-11-26(12-10-24)34(30,31)29(23-7-4-8-25(18-23)33-2)22-13-15-28(16-14-22)19-20-5-3-6-21(27)17-20/h3-12,17-18,22H,13-16,19H2,1-2H3. The lowest BCUT2D eigenvalue weighted by molar-refractivity contribution is 0.206. The van der Waals surface area contributed by atoms with E-state index in [0.29, 0.717) is 49.7 Å². The highest BCUT2D eigenvalue weighted by molar-refractivity contribution is 7.92. The molecular weight excluding hydrogens is 455 g/mol. The van der Waals surface area contributed by atoms with Crippen LogP contribution in [0.15, 0.2) is 77.7 Å². The Morgan fingerprint density at radius 2 is 1.59 bits per heavy atom. The Bertz CT molecular complexity index is 1210. The van der Waals surface area contributed by atoms with E-state index >= 15 is 0 Å². The number of benzene rings is 3. The van der Waals surface area contributed by atoms with Crippen molar-refractivity contribution in [3.63, 3.8) is 0 Å². The van der Waals surface area contributed by atoms with Crippen LogP contribution in [-0.2, 0) is 16.6 Å². The first-order valence-corrected chi connectivity index (χ1v) is 12.6. The van der Waals surface area contributed by atoms with E-state index in [1.165, 1.54) is 10.4 Å². The molecule has 0 aromatic heterocycles. The van der Waals surface area contributed by atoms with Gasteiger partial charge in [-0.1, -0.05) is 18.2 Å². The molecule has 3 aromatic rings. The molecule has 8 heteroatoms. The van der Waals surface area contributed by atoms with Crippen LogP contribution in [-0.4, -0.2) is 46.7 Å². The monoisotopic (exact) mass is 484 g/mol. The van der Waals surface area contributed by atoms with Crippen LogP contribution in [0.1, 0.15) is 18.4 Å². The van der Waals surface area contributed by atoms with Gasteiger partial charge in [-0.2, -0.15) is 0 Å². The zero-order valence-corrected chi connectivity index (χ0v) is 20.2. The van der Waals surface area contributed by atoms with E-state index in [4.69, 9.17) is 9.47 Å². The molecule has 0 N–H and O–H groups in total. The molecule has 1 aliphatic rings. The van der Waals surface area contributed by atoms with Crippen molar-refractivity contribution < 1.29 is 22.3 Å². The Morgan fingerprint density at radius 3 is 2.24 bits per heavy atom. The van der Waals surface area contributed by atoms with Crippen molar-refractivity contribution in [2.24, 2.45) is 0 Å². The van der Waals surface area contributed by atoms with Crippen molar-refractivity contribution in [2.45, 2.75) is 30.3 Å². The van der Waals surface area contributed by atoms with E-state index in [2.05, 4.69) is 4.90 Å². The highest BCUT2D eigenvalue weighted by Gasteiger charge is 2.34. The van der Waals surface area contributed by atoms with E-state index in [1.54, 1.807) is 74.9 Å². The van der Waals surface area contributed by atoms with Crippen molar-refractivity contribution in [3.8, 4) is 11.5 Å². The lowest BCUT2D eigenvalue weighted by Crippen LogP contribution is -2.47. The predicted molar refractivity (Wildman–Crippen MR) is 130 cm³/mol. The molecule has 0 unspecified atom stereocenters. The molecule has 6 nitrogen and oxygen atoms in total. The molecule has 1 heterocycles. The molecule has 1 saturated heterocycles. The molecule has 34 heavy (non-hydrogen) atoms. The van der Waals surface area contributed by atoms with Crippen LogP contribution in [0.2, 0.25) is 0 Å². The van der Waals surface area contributed by atoms with Gasteiger partial charge in [0.1, 0.15) is 17.3 Å². The number of nitrogens with zero attached hydrogens (tertiary/aromatic N) is 2. The van der Waals surface area contributed by atoms with Gasteiger partial charge in [0.2, 0.25) is 0 Å². The predicted octanol–water partition coefficient (Wildman–Crippen LogP) is 4.70. The van der Waals surface area contributed by atoms with Gasteiger partial charge in [-0.05, 0) is 66.9 Å². The molecule has 0 saturated carbocycles. The summed E-state index contributed by atoms with van der Waals surface area (Å²) >= 11 is 0. The smallest absolute Gasteiger partial charge is 0.264 e. The number of anilines is 1. The highest BCUT2D eigenvalue weighted by Crippen LogP contribution is 2.33. The molecule has 0 amide bonds. The third-order valence-electron chi connectivity index (χ3n) is 6.11. The molecule has 4 rings (SSSR count). The number of piperidine rings is 1. The van der Waals surface area contributed by atoms with Crippen LogP contribution in [0.3, 0.4) is 0 Å². The lowest BCUT2D eigenvalue weighted by atomic mass is 10.0. The molecule has 1 aliphatic heterocycles. The van der Waals surface area contributed by atoms with Gasteiger partial charge in [0.05, 0.1) is 24.8 Å². The van der Waals surface area contributed by atoms with Gasteiger partial charge in [0, 0.05) is 31.7 Å². The molecule has 0 radical (unpaired) electrons. The molecule has 0 bridgehead atoms. The summed E-state index contributed by atoms with van der Waals surface area (Å²) in [5.74, 6) is 0.940. The Labute approximate surface area is 200 Å². The number of hydrogen-bond donors (Lipinski definition) is 0. The van der Waals surface area contributed by atoms with Crippen LogP contribution in [0.25, 0.3) is 0 Å². The second kappa shape index (κ2) is 10.4. The van der Waals surface area contributed by atoms with Gasteiger partial charge in [0.25, 0.3) is 10.0 Å². The average molecular weight is 485 g/mol. The van der Waals surface area contributed by atoms with Crippen LogP contribution in [0.5, 0.6) is 11.5 Å². The number of methoxy groups -OCH3 is 2. The summed E-state index contributed by atoms with van der Waals surface area (Å²) in [5.41, 5.74) is 1.48. The third-order valence-corrected chi connectivity index (χ3v) is 8.00. The number of likely N-dealkylation sites (tertiary alicyclic amines) is 1. The molecule has 0 spiro atoms. The van der Waals surface area contributed by atoms with Crippen LogP contribution in [0.4, 0.5) is 10.1 Å². The SMILES string of the molecule is COc1ccc(S(=O)(=O)N(c2cccc(OC)c2)C2CCN(Cc3cccc(F)c3)CC2)cc1. The first kappa shape index (κ1) is 24.0. The van der Waals surface area contributed by atoms with E-state index in [0.717, 1.165) is 5.56 Å². The molecule has 0 atom stereocenters. The Balaban J connectivity index is 1.59. The Kier molecular flexibility index (Phi) is 7.38. The van der Waals surface area contributed by atoms with E-state index in [9.17, 15) is 12.8 Å². The second-order valence-electron chi connectivity index (χ2n) is 8.32. The second-order valence-corrected chi connectivity index (χ2v) is 10.1.